The molecule has 19 heavy (non-hydrogen) atoms. The minimum Gasteiger partial charge on any atom is -0.444 e. The third kappa shape index (κ3) is 10.4. The molecule has 0 unspecified atom stereocenters. The van der Waals surface area contributed by atoms with E-state index in [1.54, 1.807) is 11.9 Å². The lowest BCUT2D eigenvalue weighted by Gasteiger charge is -2.20. The second kappa shape index (κ2) is 8.77. The van der Waals surface area contributed by atoms with Gasteiger partial charge < -0.3 is 15.0 Å². The fraction of sp³-hybridized carbons (Fsp3) is 0.857. The van der Waals surface area contributed by atoms with Gasteiger partial charge in [0.1, 0.15) is 5.60 Å². The number of carbonyl (C=O) groups is 2. The van der Waals surface area contributed by atoms with Gasteiger partial charge in [0.25, 0.3) is 0 Å². The van der Waals surface area contributed by atoms with Crippen molar-refractivity contribution in [2.45, 2.75) is 59.0 Å². The molecule has 5 heteroatoms. The number of hydrogen-bond donors (Lipinski definition) is 1. The monoisotopic (exact) mass is 272 g/mol. The molecule has 1 N–H and O–H groups in total. The van der Waals surface area contributed by atoms with Crippen LogP contribution < -0.4 is 5.32 Å². The van der Waals surface area contributed by atoms with Crippen LogP contribution in [0.1, 0.15) is 53.4 Å². The smallest absolute Gasteiger partial charge is 0.407 e. The summed E-state index contributed by atoms with van der Waals surface area (Å²) in [4.78, 5) is 24.7. The first-order valence-electron chi connectivity index (χ1n) is 6.97. The second-order valence-corrected chi connectivity index (χ2v) is 5.70. The summed E-state index contributed by atoms with van der Waals surface area (Å²) >= 11 is 0. The van der Waals surface area contributed by atoms with Gasteiger partial charge in [-0.05, 0) is 33.6 Å². The van der Waals surface area contributed by atoms with Crippen LogP contribution >= 0.6 is 0 Å². The summed E-state index contributed by atoms with van der Waals surface area (Å²) in [6, 6.07) is 0. The first-order valence-corrected chi connectivity index (χ1v) is 6.97. The Labute approximate surface area is 116 Å². The Kier molecular flexibility index (Phi) is 8.19. The van der Waals surface area contributed by atoms with Crippen LogP contribution in [0.4, 0.5) is 4.79 Å². The van der Waals surface area contributed by atoms with Crippen LogP contribution in [0.5, 0.6) is 0 Å². The van der Waals surface area contributed by atoms with Gasteiger partial charge in [0, 0.05) is 26.6 Å². The number of unbranched alkanes of at least 4 members (excludes halogenated alkanes) is 1. The van der Waals surface area contributed by atoms with Crippen molar-refractivity contribution in [3.8, 4) is 0 Å². The highest BCUT2D eigenvalue weighted by Crippen LogP contribution is 2.06. The van der Waals surface area contributed by atoms with Crippen LogP contribution in [-0.4, -0.2) is 42.6 Å². The molecule has 112 valence electrons. The molecule has 0 fully saturated rings. The third-order valence-electron chi connectivity index (χ3n) is 2.51. The molecular weight excluding hydrogens is 244 g/mol. The maximum absolute atomic E-state index is 11.6. The van der Waals surface area contributed by atoms with Crippen molar-refractivity contribution in [3.05, 3.63) is 0 Å². The highest BCUT2D eigenvalue weighted by molar-refractivity contribution is 5.75. The average molecular weight is 272 g/mol. The van der Waals surface area contributed by atoms with Gasteiger partial charge in [0.15, 0.2) is 0 Å². The molecule has 2 amide bonds. The molecule has 0 radical (unpaired) electrons. The van der Waals surface area contributed by atoms with E-state index >= 15 is 0 Å². The molecule has 0 aliphatic carbocycles. The van der Waals surface area contributed by atoms with E-state index in [-0.39, 0.29) is 5.91 Å². The largest absolute Gasteiger partial charge is 0.444 e. The Morgan fingerprint density at radius 1 is 1.21 bits per heavy atom. The standard InChI is InChI=1S/C14H28N2O3/c1-6-7-9-12(17)16(5)11-8-10-15-13(18)19-14(2,3)4/h6-11H2,1-5H3,(H,15,18). The molecule has 0 aliphatic rings. The molecule has 0 rings (SSSR count). The number of nitrogens with zero attached hydrogens (tertiary/aromatic N) is 1. The summed E-state index contributed by atoms with van der Waals surface area (Å²) < 4.78 is 5.11. The first kappa shape index (κ1) is 17.7. The lowest BCUT2D eigenvalue weighted by molar-refractivity contribution is -0.130. The maximum Gasteiger partial charge on any atom is 0.407 e. The molecule has 0 aromatic heterocycles. The van der Waals surface area contributed by atoms with Gasteiger partial charge in [0.05, 0.1) is 0 Å². The first-order chi connectivity index (χ1) is 8.76. The van der Waals surface area contributed by atoms with Crippen molar-refractivity contribution in [2.24, 2.45) is 0 Å². The van der Waals surface area contributed by atoms with E-state index in [1.807, 2.05) is 20.8 Å². The molecular formula is C14H28N2O3. The average Bonchev–Trinajstić information content (AvgIpc) is 2.29. The summed E-state index contributed by atoms with van der Waals surface area (Å²) in [6.07, 6.45) is 2.88. The number of ether oxygens (including phenoxy) is 1. The van der Waals surface area contributed by atoms with Gasteiger partial charge in [-0.25, -0.2) is 4.79 Å². The van der Waals surface area contributed by atoms with E-state index in [1.165, 1.54) is 0 Å². The minimum atomic E-state index is -0.475. The maximum atomic E-state index is 11.6. The highest BCUT2D eigenvalue weighted by atomic mass is 16.6. The minimum absolute atomic E-state index is 0.166. The van der Waals surface area contributed by atoms with E-state index in [0.29, 0.717) is 19.5 Å². The Hall–Kier alpha value is -1.26. The van der Waals surface area contributed by atoms with Crippen LogP contribution in [0.3, 0.4) is 0 Å². The van der Waals surface area contributed by atoms with E-state index in [2.05, 4.69) is 12.2 Å². The molecule has 0 aromatic rings. The van der Waals surface area contributed by atoms with Crippen molar-refractivity contribution in [3.63, 3.8) is 0 Å². The summed E-state index contributed by atoms with van der Waals surface area (Å²) in [6.45, 7) is 8.71. The molecule has 0 bridgehead atoms. The molecule has 0 spiro atoms. The van der Waals surface area contributed by atoms with Crippen molar-refractivity contribution in [1.82, 2.24) is 10.2 Å². The topological polar surface area (TPSA) is 58.6 Å². The third-order valence-corrected chi connectivity index (χ3v) is 2.51. The summed E-state index contributed by atoms with van der Waals surface area (Å²) in [5.74, 6) is 0.166. The fourth-order valence-corrected chi connectivity index (χ4v) is 1.46. The summed E-state index contributed by atoms with van der Waals surface area (Å²) in [7, 11) is 1.80. The lowest BCUT2D eigenvalue weighted by atomic mass is 10.2. The van der Waals surface area contributed by atoms with Crippen LogP contribution in [0.15, 0.2) is 0 Å². The zero-order chi connectivity index (χ0) is 14.9. The molecule has 0 saturated carbocycles. The van der Waals surface area contributed by atoms with Crippen LogP contribution in [0.25, 0.3) is 0 Å². The van der Waals surface area contributed by atoms with Gasteiger partial charge >= 0.3 is 6.09 Å². The van der Waals surface area contributed by atoms with Gasteiger partial charge in [-0.1, -0.05) is 13.3 Å². The summed E-state index contributed by atoms with van der Waals surface area (Å²) in [5.41, 5.74) is -0.475. The molecule has 0 atom stereocenters. The van der Waals surface area contributed by atoms with Gasteiger partial charge in [-0.15, -0.1) is 0 Å². The van der Waals surface area contributed by atoms with Gasteiger partial charge in [-0.3, -0.25) is 4.79 Å². The van der Waals surface area contributed by atoms with E-state index in [4.69, 9.17) is 4.74 Å². The second-order valence-electron chi connectivity index (χ2n) is 5.70. The molecule has 0 aromatic carbocycles. The normalized spacial score (nSPS) is 11.0. The van der Waals surface area contributed by atoms with E-state index in [0.717, 1.165) is 19.3 Å². The zero-order valence-electron chi connectivity index (χ0n) is 12.9. The zero-order valence-corrected chi connectivity index (χ0v) is 12.9. The van der Waals surface area contributed by atoms with E-state index < -0.39 is 11.7 Å². The van der Waals surface area contributed by atoms with Crippen LogP contribution in [-0.2, 0) is 9.53 Å². The van der Waals surface area contributed by atoms with Crippen LogP contribution in [0, 0.1) is 0 Å². The number of alkyl carbamates (subject to hydrolysis) is 1. The number of rotatable bonds is 7. The van der Waals surface area contributed by atoms with Crippen molar-refractivity contribution in [1.29, 1.82) is 0 Å². The predicted octanol–water partition coefficient (Wildman–Crippen LogP) is 2.55. The Morgan fingerprint density at radius 2 is 1.84 bits per heavy atom. The van der Waals surface area contributed by atoms with Crippen molar-refractivity contribution in [2.75, 3.05) is 20.1 Å². The molecule has 0 saturated heterocycles. The number of nitrogens with one attached hydrogen (secondary N) is 1. The van der Waals surface area contributed by atoms with Crippen molar-refractivity contribution < 1.29 is 14.3 Å². The Morgan fingerprint density at radius 3 is 2.37 bits per heavy atom. The van der Waals surface area contributed by atoms with Gasteiger partial charge in [0.2, 0.25) is 5.91 Å². The number of hydrogen-bond acceptors (Lipinski definition) is 3. The Balaban J connectivity index is 3.68. The summed E-state index contributed by atoms with van der Waals surface area (Å²) in [5, 5.41) is 2.68. The predicted molar refractivity (Wildman–Crippen MR) is 76.0 cm³/mol. The van der Waals surface area contributed by atoms with Gasteiger partial charge in [-0.2, -0.15) is 0 Å². The van der Waals surface area contributed by atoms with Crippen molar-refractivity contribution >= 4 is 12.0 Å². The van der Waals surface area contributed by atoms with E-state index in [9.17, 15) is 9.59 Å². The quantitative estimate of drug-likeness (QED) is 0.725. The molecule has 0 aliphatic heterocycles. The molecule has 0 heterocycles. The molecule has 5 nitrogen and oxygen atoms in total. The number of amides is 2. The number of carbonyl (C=O) groups excluding carboxylic acids is 2. The lowest BCUT2D eigenvalue weighted by Crippen LogP contribution is -2.35. The highest BCUT2D eigenvalue weighted by Gasteiger charge is 2.15. The van der Waals surface area contributed by atoms with Crippen LogP contribution in [0.2, 0.25) is 0 Å². The Bertz CT molecular complexity index is 285. The SMILES string of the molecule is CCCCC(=O)N(C)CCCNC(=O)OC(C)(C)C. The fourth-order valence-electron chi connectivity index (χ4n) is 1.46.